The zero-order chi connectivity index (χ0) is 47.2. The number of nitrogens with one attached hydrogen (secondary N) is 1. The molecule has 1 spiro atoms. The number of anilines is 2. The Morgan fingerprint density at radius 2 is 1.69 bits per heavy atom. The van der Waals surface area contributed by atoms with Gasteiger partial charge in [0.1, 0.15) is 28.2 Å². The first-order chi connectivity index (χ1) is 32.6. The van der Waals surface area contributed by atoms with Crippen LogP contribution in [0.1, 0.15) is 112 Å². The topological polar surface area (TPSA) is 144 Å². The molecule has 2 aromatic carbocycles. The lowest BCUT2D eigenvalue weighted by Crippen LogP contribution is -2.36. The first-order valence-corrected chi connectivity index (χ1v) is 24.1. The van der Waals surface area contributed by atoms with Gasteiger partial charge in [-0.05, 0) is 95.3 Å². The molecule has 1 aliphatic carbocycles. The van der Waals surface area contributed by atoms with Crippen molar-refractivity contribution in [2.75, 3.05) is 31.5 Å². The molecule has 5 aromatic heterocycles. The summed E-state index contributed by atoms with van der Waals surface area (Å²) in [4.78, 5) is 53.0. The van der Waals surface area contributed by atoms with Gasteiger partial charge in [-0.1, -0.05) is 36.6 Å². The molecule has 350 valence electrons. The van der Waals surface area contributed by atoms with E-state index >= 15 is 0 Å². The minimum absolute atomic E-state index is 0.0235. The smallest absolute Gasteiger partial charge is 0.342 e. The van der Waals surface area contributed by atoms with Gasteiger partial charge in [-0.3, -0.25) is 19.1 Å². The fourth-order valence-electron chi connectivity index (χ4n) is 10.6. The van der Waals surface area contributed by atoms with Crippen LogP contribution in [0.15, 0.2) is 72.2 Å². The number of imidazole rings is 1. The Bertz CT molecular complexity index is 3180. The molecule has 4 aliphatic rings. The van der Waals surface area contributed by atoms with E-state index < -0.39 is 17.8 Å². The molecule has 14 nitrogen and oxygen atoms in total. The number of halogens is 4. The fourth-order valence-corrected chi connectivity index (χ4v) is 12.0. The summed E-state index contributed by atoms with van der Waals surface area (Å²) in [5.74, 6) is 1.34. The number of fused-ring (bicyclic) bond motifs is 4. The third kappa shape index (κ3) is 7.84. The van der Waals surface area contributed by atoms with Crippen molar-refractivity contribution in [3.8, 4) is 10.7 Å². The number of aliphatic imine (C=N–C) groups is 1. The van der Waals surface area contributed by atoms with Crippen LogP contribution in [-0.2, 0) is 11.0 Å². The number of carbonyl (C=O) groups excluding carboxylic acids is 2. The highest BCUT2D eigenvalue weighted by Crippen LogP contribution is 2.44. The van der Waals surface area contributed by atoms with Crippen molar-refractivity contribution in [2.24, 2.45) is 10.4 Å². The van der Waals surface area contributed by atoms with Gasteiger partial charge in [0.2, 0.25) is 11.9 Å². The number of aryl methyl sites for hydroxylation is 3. The SMILES string of the molecule is Cc1cn(-c2cc(Nc3ncc4cc(C(=O)N5CCC6(CCN(C(=O)C[C@@H]7N=C(c8ccc(Cl)cc8)c8c(sc(C)c8C)-n8c(C)nnc87)C6)C5)n(C5CCCC5)c4n3)cc(C(F)(F)F)c2)cn1. The summed E-state index contributed by atoms with van der Waals surface area (Å²) < 4.78 is 47.9. The van der Waals surface area contributed by atoms with E-state index in [1.807, 2.05) is 51.6 Å². The van der Waals surface area contributed by atoms with Crippen molar-refractivity contribution in [1.29, 1.82) is 0 Å². The fraction of sp³-hybridized carbons (Fsp3) is 0.388. The second-order valence-corrected chi connectivity index (χ2v) is 20.4. The molecule has 2 atom stereocenters. The Labute approximate surface area is 398 Å². The second-order valence-electron chi connectivity index (χ2n) is 18.8. The predicted molar refractivity (Wildman–Crippen MR) is 254 cm³/mol. The van der Waals surface area contributed by atoms with E-state index in [9.17, 15) is 22.8 Å². The molecular formula is C49H48ClF3N12O2S. The summed E-state index contributed by atoms with van der Waals surface area (Å²) in [6.07, 6.45) is 5.54. The summed E-state index contributed by atoms with van der Waals surface area (Å²) in [6.45, 7) is 10.0. The highest BCUT2D eigenvalue weighted by atomic mass is 35.5. The van der Waals surface area contributed by atoms with Crippen LogP contribution in [0.3, 0.4) is 0 Å². The van der Waals surface area contributed by atoms with Crippen molar-refractivity contribution in [2.45, 2.75) is 90.9 Å². The molecular weight excluding hydrogens is 913 g/mol. The Morgan fingerprint density at radius 3 is 2.43 bits per heavy atom. The average molecular weight is 962 g/mol. The van der Waals surface area contributed by atoms with E-state index in [1.165, 1.54) is 15.8 Å². The first kappa shape index (κ1) is 44.1. The molecule has 8 heterocycles. The standard InChI is InChI=1S/C49H48ClF3N12O2S/c1-27-23-63(26-55-27)37-19-33(49(51,52)53)18-35(20-37)56-47-54-22-32-17-39(65(43(32)58-47)36-7-5-6-8-36)45(67)62-16-14-48(25-62)13-15-61(24-48)40(66)21-38-44-60-59-30(4)64(44)46-41(28(2)29(3)68-46)42(57-38)31-9-11-34(50)12-10-31/h9-12,17-20,22-23,26,36,38H,5-8,13-16,21,24-25H2,1-4H3,(H,54,56,58)/t38-,48?/m0/s1. The third-order valence-corrected chi connectivity index (χ3v) is 15.7. The normalized spacial score (nSPS) is 19.5. The number of thiophene rings is 1. The zero-order valence-corrected chi connectivity index (χ0v) is 39.5. The van der Waals surface area contributed by atoms with Crippen LogP contribution in [0.25, 0.3) is 21.7 Å². The Morgan fingerprint density at radius 1 is 0.941 bits per heavy atom. The molecule has 19 heteroatoms. The number of likely N-dealkylation sites (tertiary alicyclic amines) is 2. The number of hydrogen-bond donors (Lipinski definition) is 1. The van der Waals surface area contributed by atoms with Gasteiger partial charge in [-0.15, -0.1) is 21.5 Å². The van der Waals surface area contributed by atoms with Crippen LogP contribution in [0, 0.1) is 33.1 Å². The minimum Gasteiger partial charge on any atom is -0.342 e. The minimum atomic E-state index is -4.59. The highest BCUT2D eigenvalue weighted by molar-refractivity contribution is 7.15. The molecule has 3 fully saturated rings. The van der Waals surface area contributed by atoms with Gasteiger partial charge >= 0.3 is 6.18 Å². The van der Waals surface area contributed by atoms with Crippen molar-refractivity contribution >= 4 is 63.1 Å². The molecule has 2 saturated heterocycles. The van der Waals surface area contributed by atoms with E-state index in [4.69, 9.17) is 21.6 Å². The van der Waals surface area contributed by atoms with Crippen molar-refractivity contribution in [3.63, 3.8) is 0 Å². The van der Waals surface area contributed by atoms with Gasteiger partial charge < -0.3 is 24.3 Å². The number of amides is 2. The number of aromatic nitrogens is 8. The van der Waals surface area contributed by atoms with Crippen molar-refractivity contribution in [3.05, 3.63) is 122 Å². The summed E-state index contributed by atoms with van der Waals surface area (Å²) in [7, 11) is 0. The van der Waals surface area contributed by atoms with E-state index in [0.29, 0.717) is 59.4 Å². The van der Waals surface area contributed by atoms with Crippen LogP contribution >= 0.6 is 22.9 Å². The van der Waals surface area contributed by atoms with Crippen LogP contribution in [0.2, 0.25) is 5.02 Å². The average Bonchev–Trinajstić information content (AvgIpc) is 4.19. The molecule has 0 radical (unpaired) electrons. The van der Waals surface area contributed by atoms with Gasteiger partial charge in [0, 0.05) is 87.8 Å². The van der Waals surface area contributed by atoms with Gasteiger partial charge in [-0.2, -0.15) is 18.2 Å². The van der Waals surface area contributed by atoms with Crippen LogP contribution in [0.5, 0.6) is 0 Å². The predicted octanol–water partition coefficient (Wildman–Crippen LogP) is 10.1. The maximum absolute atomic E-state index is 14.7. The Balaban J connectivity index is 0.837. The number of alkyl halides is 3. The molecule has 2 amide bonds. The van der Waals surface area contributed by atoms with Crippen LogP contribution in [-0.4, -0.2) is 92.4 Å². The maximum Gasteiger partial charge on any atom is 0.416 e. The van der Waals surface area contributed by atoms with Gasteiger partial charge in [-0.25, -0.2) is 9.97 Å². The lowest BCUT2D eigenvalue weighted by Gasteiger charge is -2.26. The van der Waals surface area contributed by atoms with Gasteiger partial charge in [0.15, 0.2) is 5.82 Å². The molecule has 1 saturated carbocycles. The van der Waals surface area contributed by atoms with Crippen molar-refractivity contribution in [1.82, 2.24) is 48.7 Å². The molecule has 3 aliphatic heterocycles. The molecule has 1 N–H and O–H groups in total. The monoisotopic (exact) mass is 960 g/mol. The maximum atomic E-state index is 14.7. The number of hydrogen-bond acceptors (Lipinski definition) is 10. The van der Waals surface area contributed by atoms with Crippen LogP contribution < -0.4 is 5.32 Å². The highest BCUT2D eigenvalue weighted by Gasteiger charge is 2.47. The summed E-state index contributed by atoms with van der Waals surface area (Å²) in [6, 6.07) is 12.6. The summed E-state index contributed by atoms with van der Waals surface area (Å²) in [5.41, 5.74) is 4.91. The number of rotatable bonds is 8. The Kier molecular flexibility index (Phi) is 10.8. The molecule has 1 unspecified atom stereocenters. The first-order valence-electron chi connectivity index (χ1n) is 22.9. The third-order valence-electron chi connectivity index (χ3n) is 14.2. The lowest BCUT2D eigenvalue weighted by molar-refractivity contribution is -0.137. The largest absolute Gasteiger partial charge is 0.416 e. The summed E-state index contributed by atoms with van der Waals surface area (Å²) >= 11 is 7.99. The van der Waals surface area contributed by atoms with Crippen molar-refractivity contribution < 1.29 is 22.8 Å². The molecule has 68 heavy (non-hydrogen) atoms. The number of benzene rings is 2. The molecule has 7 aromatic rings. The lowest BCUT2D eigenvalue weighted by atomic mass is 9.86. The van der Waals surface area contributed by atoms with Crippen LogP contribution in [0.4, 0.5) is 24.8 Å². The summed E-state index contributed by atoms with van der Waals surface area (Å²) in [5, 5.41) is 14.4. The van der Waals surface area contributed by atoms with E-state index in [0.717, 1.165) is 83.9 Å². The number of carbonyl (C=O) groups is 2. The van der Waals surface area contributed by atoms with E-state index in [1.54, 1.807) is 36.7 Å². The van der Waals surface area contributed by atoms with E-state index in [2.05, 4.69) is 43.9 Å². The molecule has 0 bridgehead atoms. The van der Waals surface area contributed by atoms with E-state index in [-0.39, 0.29) is 47.0 Å². The van der Waals surface area contributed by atoms with Gasteiger partial charge in [0.25, 0.3) is 5.91 Å². The zero-order valence-electron chi connectivity index (χ0n) is 37.9. The van der Waals surface area contributed by atoms with Gasteiger partial charge in [0.05, 0.1) is 29.7 Å². The molecule has 11 rings (SSSR count). The Hall–Kier alpha value is -6.40. The quantitative estimate of drug-likeness (QED) is 0.159. The second kappa shape index (κ2) is 16.7. The number of nitrogens with zero attached hydrogens (tertiary/aromatic N) is 11.